The first-order valence-corrected chi connectivity index (χ1v) is 8.39. The van der Waals surface area contributed by atoms with E-state index in [0.717, 1.165) is 51.9 Å². The zero-order valence-corrected chi connectivity index (χ0v) is 14.1. The van der Waals surface area contributed by atoms with Gasteiger partial charge in [-0.25, -0.2) is 0 Å². The van der Waals surface area contributed by atoms with Gasteiger partial charge in [-0.2, -0.15) is 0 Å². The zero-order chi connectivity index (χ0) is 15.9. The first-order chi connectivity index (χ1) is 10.1. The summed E-state index contributed by atoms with van der Waals surface area (Å²) in [5.74, 6) is 0.286. The number of ether oxygens (including phenoxy) is 1. The number of hydrogen-bond acceptors (Lipinski definition) is 5. The van der Waals surface area contributed by atoms with Crippen molar-refractivity contribution in [2.75, 3.05) is 39.3 Å². The molecule has 126 valence electrons. The maximum absolute atomic E-state index is 11.8. The van der Waals surface area contributed by atoms with E-state index < -0.39 is 0 Å². The third-order valence-electron chi connectivity index (χ3n) is 3.41. The van der Waals surface area contributed by atoms with Crippen LogP contribution in [-0.4, -0.2) is 45.3 Å². The molecule has 0 aromatic rings. The van der Waals surface area contributed by atoms with Crippen LogP contribution in [0.2, 0.25) is 0 Å². The molecule has 0 aromatic carbocycles. The molecular formula is C16H35N3O2. The number of hydrogen-bond donors (Lipinski definition) is 3. The molecule has 5 heteroatoms. The summed E-state index contributed by atoms with van der Waals surface area (Å²) in [5.41, 5.74) is 5.42. The highest BCUT2D eigenvalue weighted by atomic mass is 16.5. The minimum atomic E-state index is -0.0912. The molecule has 0 bridgehead atoms. The number of nitrogens with one attached hydrogen (secondary N) is 2. The highest BCUT2D eigenvalue weighted by Crippen LogP contribution is 2.07. The van der Waals surface area contributed by atoms with Crippen LogP contribution in [0.5, 0.6) is 0 Å². The van der Waals surface area contributed by atoms with Crippen molar-refractivity contribution in [2.45, 2.75) is 46.5 Å². The van der Waals surface area contributed by atoms with Gasteiger partial charge >= 0.3 is 5.97 Å². The van der Waals surface area contributed by atoms with E-state index in [0.29, 0.717) is 19.1 Å². The molecule has 0 heterocycles. The number of carbonyl (C=O) groups is 1. The molecule has 0 radical (unpaired) electrons. The van der Waals surface area contributed by atoms with E-state index in [-0.39, 0.29) is 11.9 Å². The van der Waals surface area contributed by atoms with Gasteiger partial charge in [0.1, 0.15) is 0 Å². The fraction of sp³-hybridized carbons (Fsp3) is 0.938. The average Bonchev–Trinajstić information content (AvgIpc) is 2.47. The molecular weight excluding hydrogens is 266 g/mol. The first-order valence-electron chi connectivity index (χ1n) is 8.39. The van der Waals surface area contributed by atoms with Gasteiger partial charge in [0.15, 0.2) is 0 Å². The Morgan fingerprint density at radius 1 is 1.14 bits per heavy atom. The van der Waals surface area contributed by atoms with Crippen LogP contribution in [0.1, 0.15) is 46.5 Å². The van der Waals surface area contributed by atoms with E-state index in [1.54, 1.807) is 0 Å². The van der Waals surface area contributed by atoms with Crippen LogP contribution in [0.4, 0.5) is 0 Å². The third kappa shape index (κ3) is 12.8. The Balaban J connectivity index is 3.47. The molecule has 0 saturated heterocycles. The molecule has 0 aliphatic rings. The molecule has 0 fully saturated rings. The summed E-state index contributed by atoms with van der Waals surface area (Å²) < 4.78 is 5.34. The Bertz CT molecular complexity index is 250. The van der Waals surface area contributed by atoms with E-state index in [1.807, 2.05) is 6.92 Å². The molecule has 0 rings (SSSR count). The molecule has 0 amide bonds. The quantitative estimate of drug-likeness (QED) is 0.335. The number of esters is 1. The van der Waals surface area contributed by atoms with Gasteiger partial charge in [0.05, 0.1) is 12.5 Å². The van der Waals surface area contributed by atoms with Gasteiger partial charge < -0.3 is 21.1 Å². The summed E-state index contributed by atoms with van der Waals surface area (Å²) in [6, 6.07) is 0. The van der Waals surface area contributed by atoms with Crippen molar-refractivity contribution in [3.63, 3.8) is 0 Å². The maximum Gasteiger partial charge on any atom is 0.309 e. The average molecular weight is 301 g/mol. The van der Waals surface area contributed by atoms with Crippen LogP contribution in [-0.2, 0) is 9.53 Å². The Morgan fingerprint density at radius 3 is 2.48 bits per heavy atom. The molecule has 4 N–H and O–H groups in total. The fourth-order valence-electron chi connectivity index (χ4n) is 2.04. The van der Waals surface area contributed by atoms with Crippen molar-refractivity contribution in [1.29, 1.82) is 0 Å². The second-order valence-electron chi connectivity index (χ2n) is 5.87. The lowest BCUT2D eigenvalue weighted by molar-refractivity contribution is -0.149. The largest absolute Gasteiger partial charge is 0.465 e. The Hall–Kier alpha value is -0.650. The summed E-state index contributed by atoms with van der Waals surface area (Å²) in [5, 5.41) is 6.63. The van der Waals surface area contributed by atoms with Crippen LogP contribution < -0.4 is 16.4 Å². The Labute approximate surface area is 130 Å². The zero-order valence-electron chi connectivity index (χ0n) is 14.1. The minimum Gasteiger partial charge on any atom is -0.465 e. The molecule has 0 saturated carbocycles. The van der Waals surface area contributed by atoms with Crippen molar-refractivity contribution in [1.82, 2.24) is 10.6 Å². The van der Waals surface area contributed by atoms with Crippen molar-refractivity contribution in [3.8, 4) is 0 Å². The highest BCUT2D eigenvalue weighted by Gasteiger charge is 2.14. The summed E-state index contributed by atoms with van der Waals surface area (Å²) in [6.07, 6.45) is 4.32. The predicted octanol–water partition coefficient (Wildman–Crippen LogP) is 1.52. The van der Waals surface area contributed by atoms with E-state index in [1.165, 1.54) is 0 Å². The van der Waals surface area contributed by atoms with Crippen molar-refractivity contribution in [2.24, 2.45) is 17.6 Å². The lowest BCUT2D eigenvalue weighted by Gasteiger charge is -2.15. The third-order valence-corrected chi connectivity index (χ3v) is 3.41. The van der Waals surface area contributed by atoms with Gasteiger partial charge in [-0.3, -0.25) is 4.79 Å². The monoisotopic (exact) mass is 301 g/mol. The standard InChI is InChI=1S/C16H35N3O2/c1-4-7-14(2)13-21-16(20)15(3)12-19-11-6-10-18-9-5-8-17/h14-15,18-19H,4-13,17H2,1-3H3. The van der Waals surface area contributed by atoms with Crippen molar-refractivity contribution in [3.05, 3.63) is 0 Å². The van der Waals surface area contributed by atoms with Gasteiger partial charge in [0.25, 0.3) is 0 Å². The lowest BCUT2D eigenvalue weighted by Crippen LogP contribution is -2.30. The van der Waals surface area contributed by atoms with E-state index in [2.05, 4.69) is 24.5 Å². The molecule has 21 heavy (non-hydrogen) atoms. The molecule has 0 aromatic heterocycles. The minimum absolute atomic E-state index is 0.0796. The van der Waals surface area contributed by atoms with Gasteiger partial charge in [-0.15, -0.1) is 0 Å². The van der Waals surface area contributed by atoms with E-state index in [4.69, 9.17) is 10.5 Å². The van der Waals surface area contributed by atoms with Crippen molar-refractivity contribution >= 4 is 5.97 Å². The molecule has 0 spiro atoms. The molecule has 5 nitrogen and oxygen atoms in total. The summed E-state index contributed by atoms with van der Waals surface area (Å²) in [6.45, 7) is 11.0. The summed E-state index contributed by atoms with van der Waals surface area (Å²) >= 11 is 0. The van der Waals surface area contributed by atoms with Crippen LogP contribution in [0.25, 0.3) is 0 Å². The summed E-state index contributed by atoms with van der Waals surface area (Å²) in [4.78, 5) is 11.8. The molecule has 2 atom stereocenters. The van der Waals surface area contributed by atoms with E-state index in [9.17, 15) is 4.79 Å². The molecule has 0 aliphatic heterocycles. The van der Waals surface area contributed by atoms with Gasteiger partial charge in [0.2, 0.25) is 0 Å². The van der Waals surface area contributed by atoms with Crippen LogP contribution >= 0.6 is 0 Å². The smallest absolute Gasteiger partial charge is 0.309 e. The topological polar surface area (TPSA) is 76.4 Å². The highest BCUT2D eigenvalue weighted by molar-refractivity contribution is 5.72. The van der Waals surface area contributed by atoms with Crippen LogP contribution in [0.3, 0.4) is 0 Å². The van der Waals surface area contributed by atoms with E-state index >= 15 is 0 Å². The number of carbonyl (C=O) groups excluding carboxylic acids is 1. The molecule has 0 aliphatic carbocycles. The van der Waals surface area contributed by atoms with Crippen molar-refractivity contribution < 1.29 is 9.53 Å². The predicted molar refractivity (Wildman–Crippen MR) is 88.2 cm³/mol. The molecule has 2 unspecified atom stereocenters. The second kappa shape index (κ2) is 14.3. The fourth-order valence-corrected chi connectivity index (χ4v) is 2.04. The normalized spacial score (nSPS) is 13.9. The first kappa shape index (κ1) is 20.3. The van der Waals surface area contributed by atoms with Gasteiger partial charge in [-0.1, -0.05) is 27.2 Å². The number of nitrogens with two attached hydrogens (primary N) is 1. The van der Waals surface area contributed by atoms with Gasteiger partial charge in [0, 0.05) is 6.54 Å². The lowest BCUT2D eigenvalue weighted by atomic mass is 10.1. The van der Waals surface area contributed by atoms with Crippen LogP contribution in [0.15, 0.2) is 0 Å². The maximum atomic E-state index is 11.8. The van der Waals surface area contributed by atoms with Crippen LogP contribution in [0, 0.1) is 11.8 Å². The Kier molecular flexibility index (Phi) is 13.9. The SMILES string of the molecule is CCCC(C)COC(=O)C(C)CNCCCNCCCN. The summed E-state index contributed by atoms with van der Waals surface area (Å²) in [7, 11) is 0. The second-order valence-corrected chi connectivity index (χ2v) is 5.87. The number of rotatable bonds is 14. The Morgan fingerprint density at radius 2 is 1.81 bits per heavy atom. The van der Waals surface area contributed by atoms with Gasteiger partial charge in [-0.05, 0) is 51.4 Å².